The van der Waals surface area contributed by atoms with E-state index < -0.39 is 5.60 Å². The van der Waals surface area contributed by atoms with Crippen molar-refractivity contribution in [1.82, 2.24) is 4.90 Å². The molecule has 3 atom stereocenters. The largest absolute Gasteiger partial charge is 0.466 e. The molecule has 2 unspecified atom stereocenters. The maximum atomic E-state index is 12.4. The first-order valence-corrected chi connectivity index (χ1v) is 7.51. The summed E-state index contributed by atoms with van der Waals surface area (Å²) in [4.78, 5) is 26.2. The molecule has 0 aromatic carbocycles. The Morgan fingerprint density at radius 3 is 2.40 bits per heavy atom. The third-order valence-electron chi connectivity index (χ3n) is 4.02. The molecule has 5 heteroatoms. The number of ether oxygens (including phenoxy) is 2. The summed E-state index contributed by atoms with van der Waals surface area (Å²) >= 11 is 0. The molecule has 114 valence electrons. The number of hydrogen-bond acceptors (Lipinski definition) is 4. The highest BCUT2D eigenvalue weighted by atomic mass is 16.6. The van der Waals surface area contributed by atoms with Crippen LogP contribution in [0, 0.1) is 5.92 Å². The predicted molar refractivity (Wildman–Crippen MR) is 74.2 cm³/mol. The van der Waals surface area contributed by atoms with Gasteiger partial charge in [0.2, 0.25) is 0 Å². The van der Waals surface area contributed by atoms with Gasteiger partial charge in [-0.25, -0.2) is 4.79 Å². The van der Waals surface area contributed by atoms with Crippen LogP contribution in [0.5, 0.6) is 0 Å². The van der Waals surface area contributed by atoms with Crippen LogP contribution < -0.4 is 0 Å². The standard InChI is InChI=1S/C15H25NO4/c1-5-19-13(17)11-8-6-10-7-9-12(11)16(10)14(18)20-15(2,3)4/h10-12H,5-9H2,1-4H3/t10?,11-,12?/m0/s1. The number of carbonyl (C=O) groups excluding carboxylic acids is 2. The molecule has 2 bridgehead atoms. The van der Waals surface area contributed by atoms with Crippen molar-refractivity contribution in [1.29, 1.82) is 0 Å². The van der Waals surface area contributed by atoms with E-state index in [0.29, 0.717) is 6.61 Å². The molecular formula is C15H25NO4. The Morgan fingerprint density at radius 2 is 1.80 bits per heavy atom. The summed E-state index contributed by atoms with van der Waals surface area (Å²) in [5.74, 6) is -0.368. The fourth-order valence-electron chi connectivity index (χ4n) is 3.28. The van der Waals surface area contributed by atoms with Gasteiger partial charge in [-0.15, -0.1) is 0 Å². The van der Waals surface area contributed by atoms with Crippen LogP contribution in [0.2, 0.25) is 0 Å². The summed E-state index contributed by atoms with van der Waals surface area (Å²) in [6, 6.07) is 0.170. The summed E-state index contributed by atoms with van der Waals surface area (Å²) in [6.45, 7) is 7.78. The Morgan fingerprint density at radius 1 is 1.15 bits per heavy atom. The summed E-state index contributed by atoms with van der Waals surface area (Å²) < 4.78 is 10.6. The fraction of sp³-hybridized carbons (Fsp3) is 0.867. The molecule has 0 aliphatic carbocycles. The Balaban J connectivity index is 2.10. The predicted octanol–water partition coefficient (Wildman–Crippen LogP) is 2.73. The van der Waals surface area contributed by atoms with Crippen LogP contribution in [-0.2, 0) is 14.3 Å². The summed E-state index contributed by atoms with van der Waals surface area (Å²) in [5.41, 5.74) is -0.507. The molecule has 0 N–H and O–H groups in total. The van der Waals surface area contributed by atoms with E-state index in [0.717, 1.165) is 25.7 Å². The highest BCUT2D eigenvalue weighted by Gasteiger charge is 2.49. The van der Waals surface area contributed by atoms with Crippen LogP contribution in [0.15, 0.2) is 0 Å². The quantitative estimate of drug-likeness (QED) is 0.731. The zero-order chi connectivity index (χ0) is 14.9. The second-order valence-electron chi connectivity index (χ2n) is 6.62. The third kappa shape index (κ3) is 3.07. The zero-order valence-electron chi connectivity index (χ0n) is 12.8. The number of esters is 1. The second-order valence-corrected chi connectivity index (χ2v) is 6.62. The Bertz CT molecular complexity index is 388. The van der Waals surface area contributed by atoms with Crippen LogP contribution in [0.4, 0.5) is 4.79 Å². The molecule has 5 nitrogen and oxygen atoms in total. The lowest BCUT2D eigenvalue weighted by atomic mass is 9.90. The monoisotopic (exact) mass is 283 g/mol. The molecule has 2 rings (SSSR count). The van der Waals surface area contributed by atoms with E-state index >= 15 is 0 Å². The number of carbonyl (C=O) groups is 2. The van der Waals surface area contributed by atoms with Gasteiger partial charge in [-0.3, -0.25) is 4.79 Å². The van der Waals surface area contributed by atoms with Gasteiger partial charge in [0.05, 0.1) is 12.5 Å². The van der Waals surface area contributed by atoms with Crippen molar-refractivity contribution in [3.05, 3.63) is 0 Å². The fourth-order valence-corrected chi connectivity index (χ4v) is 3.28. The lowest BCUT2D eigenvalue weighted by molar-refractivity contribution is -0.151. The molecule has 0 saturated carbocycles. The summed E-state index contributed by atoms with van der Waals surface area (Å²) in [5, 5.41) is 0. The maximum absolute atomic E-state index is 12.4. The third-order valence-corrected chi connectivity index (χ3v) is 4.02. The van der Waals surface area contributed by atoms with Crippen molar-refractivity contribution < 1.29 is 19.1 Å². The van der Waals surface area contributed by atoms with E-state index in [1.807, 2.05) is 27.7 Å². The molecule has 0 spiro atoms. The number of fused-ring (bicyclic) bond motifs is 2. The first-order chi connectivity index (χ1) is 9.33. The van der Waals surface area contributed by atoms with E-state index in [2.05, 4.69) is 0 Å². The molecule has 0 radical (unpaired) electrons. The maximum Gasteiger partial charge on any atom is 0.410 e. The van der Waals surface area contributed by atoms with Gasteiger partial charge in [-0.1, -0.05) is 0 Å². The van der Waals surface area contributed by atoms with Gasteiger partial charge in [-0.2, -0.15) is 0 Å². The average Bonchev–Trinajstić information content (AvgIpc) is 2.62. The molecule has 2 saturated heterocycles. The van der Waals surface area contributed by atoms with Crippen molar-refractivity contribution in [2.24, 2.45) is 5.92 Å². The minimum atomic E-state index is -0.507. The van der Waals surface area contributed by atoms with Crippen LogP contribution in [0.1, 0.15) is 53.4 Å². The van der Waals surface area contributed by atoms with Crippen molar-refractivity contribution in [2.75, 3.05) is 6.61 Å². The Kier molecular flexibility index (Phi) is 4.25. The number of hydrogen-bond donors (Lipinski definition) is 0. The second kappa shape index (κ2) is 5.62. The molecule has 2 fully saturated rings. The van der Waals surface area contributed by atoms with E-state index in [9.17, 15) is 9.59 Å². The molecule has 2 aliphatic rings. The van der Waals surface area contributed by atoms with Crippen molar-refractivity contribution in [3.8, 4) is 0 Å². The van der Waals surface area contributed by atoms with E-state index in [-0.39, 0.29) is 30.1 Å². The van der Waals surface area contributed by atoms with Gasteiger partial charge in [0, 0.05) is 12.1 Å². The van der Waals surface area contributed by atoms with Gasteiger partial charge in [0.1, 0.15) is 5.60 Å². The minimum Gasteiger partial charge on any atom is -0.466 e. The lowest BCUT2D eigenvalue weighted by Gasteiger charge is -2.39. The average molecular weight is 283 g/mol. The zero-order valence-corrected chi connectivity index (χ0v) is 12.8. The molecule has 20 heavy (non-hydrogen) atoms. The molecule has 2 heterocycles. The number of nitrogens with zero attached hydrogens (tertiary/aromatic N) is 1. The summed E-state index contributed by atoms with van der Waals surface area (Å²) in [7, 11) is 0. The van der Waals surface area contributed by atoms with Crippen LogP contribution >= 0.6 is 0 Å². The van der Waals surface area contributed by atoms with E-state index in [1.165, 1.54) is 0 Å². The smallest absolute Gasteiger partial charge is 0.410 e. The van der Waals surface area contributed by atoms with Gasteiger partial charge in [-0.05, 0) is 53.4 Å². The number of amides is 1. The van der Waals surface area contributed by atoms with Crippen molar-refractivity contribution in [3.63, 3.8) is 0 Å². The molecule has 1 amide bonds. The minimum absolute atomic E-state index is 0.0531. The van der Waals surface area contributed by atoms with Gasteiger partial charge in [0.25, 0.3) is 0 Å². The Labute approximate surface area is 120 Å². The number of piperidine rings is 1. The van der Waals surface area contributed by atoms with Gasteiger partial charge in [0.15, 0.2) is 0 Å². The summed E-state index contributed by atoms with van der Waals surface area (Å²) in [6.07, 6.45) is 3.21. The first-order valence-electron chi connectivity index (χ1n) is 7.51. The van der Waals surface area contributed by atoms with Gasteiger partial charge >= 0.3 is 12.1 Å². The molecule has 0 aromatic rings. The molecular weight excluding hydrogens is 258 g/mol. The molecule has 0 aromatic heterocycles. The highest BCUT2D eigenvalue weighted by molar-refractivity contribution is 5.76. The highest BCUT2D eigenvalue weighted by Crippen LogP contribution is 2.40. The SMILES string of the molecule is CCOC(=O)[C@H]1CCC2CCC1N2C(=O)OC(C)(C)C. The van der Waals surface area contributed by atoms with Crippen molar-refractivity contribution in [2.45, 2.75) is 71.1 Å². The lowest BCUT2D eigenvalue weighted by Crippen LogP contribution is -2.51. The topological polar surface area (TPSA) is 55.8 Å². The van der Waals surface area contributed by atoms with E-state index in [4.69, 9.17) is 9.47 Å². The molecule has 2 aliphatic heterocycles. The normalized spacial score (nSPS) is 29.2. The van der Waals surface area contributed by atoms with Gasteiger partial charge < -0.3 is 14.4 Å². The number of rotatable bonds is 2. The first kappa shape index (κ1) is 15.1. The Hall–Kier alpha value is -1.26. The van der Waals surface area contributed by atoms with E-state index in [1.54, 1.807) is 4.90 Å². The van der Waals surface area contributed by atoms with Crippen LogP contribution in [0.25, 0.3) is 0 Å². The van der Waals surface area contributed by atoms with Crippen LogP contribution in [0.3, 0.4) is 0 Å². The van der Waals surface area contributed by atoms with Crippen molar-refractivity contribution >= 4 is 12.1 Å². The van der Waals surface area contributed by atoms with Crippen LogP contribution in [-0.4, -0.2) is 41.3 Å².